The summed E-state index contributed by atoms with van der Waals surface area (Å²) < 4.78 is 153. The van der Waals surface area contributed by atoms with Crippen molar-refractivity contribution < 1.29 is 109 Å². The van der Waals surface area contributed by atoms with E-state index in [1.807, 2.05) is 237 Å². The van der Waals surface area contributed by atoms with Gasteiger partial charge in [-0.3, -0.25) is 10.2 Å². The minimum Gasteiger partial charge on any atom is -0.457 e. The summed E-state index contributed by atoms with van der Waals surface area (Å²) in [7, 11) is 0. The molecule has 14 rings (SSSR count). The van der Waals surface area contributed by atoms with Crippen LogP contribution in [0.4, 0.5) is 0 Å². The van der Waals surface area contributed by atoms with Crippen LogP contribution in [0.1, 0.15) is 116 Å². The largest absolute Gasteiger partial charge is 0.457 e. The second-order valence-corrected chi connectivity index (χ2v) is 31.2. The number of carbonyl (C=O) groups is 1. The molecular formula is C87H109NO23. The van der Waals surface area contributed by atoms with Crippen LogP contribution >= 0.6 is 0 Å². The molecule has 0 aromatic heterocycles. The molecule has 10 unspecified atom stereocenters. The Bertz CT molecular complexity index is 3860. The van der Waals surface area contributed by atoms with Crippen molar-refractivity contribution in [2.24, 2.45) is 23.7 Å². The van der Waals surface area contributed by atoms with Crippen LogP contribution in [0.25, 0.3) is 0 Å². The fourth-order valence-corrected chi connectivity index (χ4v) is 16.2. The maximum Gasteiger partial charge on any atom is 0.303 e. The quantitative estimate of drug-likeness (QED) is 0.0250. The summed E-state index contributed by atoms with van der Waals surface area (Å²) >= 11 is 0. The number of hydrogen-bond donors (Lipinski definition) is 1. The Morgan fingerprint density at radius 1 is 0.414 bits per heavy atom. The molecule has 6 aromatic carbocycles. The van der Waals surface area contributed by atoms with Gasteiger partial charge in [0, 0.05) is 43.1 Å². The zero-order chi connectivity index (χ0) is 77.3. The van der Waals surface area contributed by atoms with Gasteiger partial charge in [0.25, 0.3) is 0 Å². The first-order chi connectivity index (χ1) is 53.7. The van der Waals surface area contributed by atoms with E-state index in [2.05, 4.69) is 0 Å². The van der Waals surface area contributed by atoms with E-state index in [-0.39, 0.29) is 76.7 Å². The molecule has 0 bridgehead atoms. The highest BCUT2D eigenvalue weighted by Gasteiger charge is 2.63. The molecule has 0 aliphatic carbocycles. The predicted molar refractivity (Wildman–Crippen MR) is 401 cm³/mol. The van der Waals surface area contributed by atoms with Crippen molar-refractivity contribution in [1.29, 1.82) is 5.41 Å². The van der Waals surface area contributed by atoms with Crippen LogP contribution in [-0.2, 0) is 142 Å². The van der Waals surface area contributed by atoms with Gasteiger partial charge in [0.15, 0.2) is 61.6 Å². The lowest BCUT2D eigenvalue weighted by Crippen LogP contribution is -2.66. The second-order valence-electron chi connectivity index (χ2n) is 31.2. The molecule has 600 valence electrons. The van der Waals surface area contributed by atoms with Crippen molar-refractivity contribution in [1.82, 2.24) is 0 Å². The minimum absolute atomic E-state index is 0.0857. The minimum atomic E-state index is -1.34. The standard InChI is InChI=1S/C87H109NO23/c1-51-42-95-82(75(94-47-64-38-26-16-27-39-64)67(51)103-85-78-87(50-96-85,49-91-44-61-32-20-13-21-33-61)111-81(108-78)65-40-28-17-29-41-65)105-71-56(6)98-79(107-76-74(72(101-59(9)89)57(7)99-83(76)100-58(8)88)106-84-77-70(52(2)55(5)97-84)109-86(10,11)110-77)54(4)69(71)104-80-53(3)68(92-45-62-34-22-14-23-35-62)73(93-46-63-36-24-15-25-37-63)66(102-80)48-90-43-60-30-18-12-19-31-60/h12-41,51-57,66-85,88H,42-50H2,1-11H3/t51-,52+,53-,54?,55?,56?,57?,66?,67?,68?,69+,70?,71+,72+,73-,74?,75-,76-,77+,78?,79+,80+,81+,82+,83-,84+,85+,87+/m1/s1. The van der Waals surface area contributed by atoms with Crippen molar-refractivity contribution in [3.05, 3.63) is 215 Å². The van der Waals surface area contributed by atoms with E-state index in [4.69, 9.17) is 110 Å². The molecule has 8 heterocycles. The summed E-state index contributed by atoms with van der Waals surface area (Å²) in [5.74, 6) is -3.55. The fraction of sp³-hybridized carbons (Fsp3) is 0.563. The number of fused-ring (bicyclic) bond motifs is 2. The van der Waals surface area contributed by atoms with E-state index in [1.165, 1.54) is 13.8 Å². The van der Waals surface area contributed by atoms with Crippen molar-refractivity contribution >= 4 is 11.9 Å². The predicted octanol–water partition coefficient (Wildman–Crippen LogP) is 12.6. The van der Waals surface area contributed by atoms with Crippen LogP contribution in [0, 0.1) is 29.1 Å². The van der Waals surface area contributed by atoms with Gasteiger partial charge in [0.05, 0.1) is 102 Å². The van der Waals surface area contributed by atoms with Gasteiger partial charge in [-0.1, -0.05) is 210 Å². The van der Waals surface area contributed by atoms with Gasteiger partial charge in [-0.05, 0) is 62.4 Å². The van der Waals surface area contributed by atoms with Gasteiger partial charge >= 0.3 is 5.97 Å². The average Bonchev–Trinajstić information content (AvgIpc) is 1.63. The van der Waals surface area contributed by atoms with Gasteiger partial charge < -0.3 is 104 Å². The maximum absolute atomic E-state index is 13.4. The second kappa shape index (κ2) is 36.9. The first kappa shape index (κ1) is 81.0. The number of esters is 1. The molecule has 28 atom stereocenters. The lowest BCUT2D eigenvalue weighted by Gasteiger charge is -2.52. The van der Waals surface area contributed by atoms with Crippen LogP contribution < -0.4 is 0 Å². The topological polar surface area (TPSA) is 244 Å². The third-order valence-electron chi connectivity index (χ3n) is 22.2. The zero-order valence-electron chi connectivity index (χ0n) is 65.2. The summed E-state index contributed by atoms with van der Waals surface area (Å²) in [6, 6.07) is 59.6. The molecule has 0 spiro atoms. The van der Waals surface area contributed by atoms with Gasteiger partial charge in [-0.25, -0.2) is 0 Å². The van der Waals surface area contributed by atoms with Gasteiger partial charge in [-0.2, -0.15) is 0 Å². The molecule has 8 saturated heterocycles. The number of rotatable bonds is 30. The highest BCUT2D eigenvalue weighted by Crippen LogP contribution is 2.49. The summed E-state index contributed by atoms with van der Waals surface area (Å²) in [6.45, 7) is 21.9. The summed E-state index contributed by atoms with van der Waals surface area (Å²) in [5.41, 5.74) is 4.58. The van der Waals surface area contributed by atoms with E-state index in [9.17, 15) is 4.79 Å². The Labute approximate surface area is 651 Å². The zero-order valence-corrected chi connectivity index (χ0v) is 65.2. The van der Waals surface area contributed by atoms with Crippen molar-refractivity contribution in [3.63, 3.8) is 0 Å². The van der Waals surface area contributed by atoms with Crippen LogP contribution in [0.3, 0.4) is 0 Å². The fourth-order valence-electron chi connectivity index (χ4n) is 16.2. The molecule has 8 aliphatic rings. The highest BCUT2D eigenvalue weighted by atomic mass is 16.8. The van der Waals surface area contributed by atoms with E-state index in [0.717, 1.165) is 33.4 Å². The molecule has 24 nitrogen and oxygen atoms in total. The van der Waals surface area contributed by atoms with E-state index >= 15 is 0 Å². The Kier molecular flexibility index (Phi) is 27.0. The Morgan fingerprint density at radius 3 is 1.49 bits per heavy atom. The number of nitrogens with one attached hydrogen (secondary N) is 1. The molecule has 0 radical (unpaired) electrons. The van der Waals surface area contributed by atoms with Crippen LogP contribution in [0.2, 0.25) is 0 Å². The third-order valence-corrected chi connectivity index (χ3v) is 22.2. The van der Waals surface area contributed by atoms with Crippen molar-refractivity contribution in [3.8, 4) is 0 Å². The molecule has 0 saturated carbocycles. The molecule has 6 aromatic rings. The number of ether oxygens (including phenoxy) is 22. The summed E-state index contributed by atoms with van der Waals surface area (Å²) in [6.07, 6.45) is -21.2. The molecular weight excluding hydrogens is 1430 g/mol. The van der Waals surface area contributed by atoms with Crippen molar-refractivity contribution in [2.45, 2.75) is 262 Å². The van der Waals surface area contributed by atoms with Crippen LogP contribution in [0.15, 0.2) is 182 Å². The summed E-state index contributed by atoms with van der Waals surface area (Å²) in [4.78, 5) is 13.4. The van der Waals surface area contributed by atoms with E-state index in [0.29, 0.717) is 6.61 Å². The molecule has 0 amide bonds. The monoisotopic (exact) mass is 1540 g/mol. The third kappa shape index (κ3) is 19.5. The Balaban J connectivity index is 0.821. The SMILES string of the molecule is CC(=N)O[C@H]1OC(C)[C@H](OC(C)=O)C(O[C@@H]2OC(C)[C@H](C)C3OC(C)(C)O[C@@H]32)[C@H]1O[C@@H]1OC(C)[C@H](O[C@@H]2OC[C@@H](C)C(O[C@@H]3OC[C@]4(COCc5ccccc5)O[C@@H](c5ccccc5)OC34)[C@H]2OCc2ccccc2)[C@@H](O[C@@H]2OC(COCc3ccccc3)[C@@H](OCc3ccccc3)C(OCc3ccccc3)[C@H]2C)C1C. The first-order valence-corrected chi connectivity index (χ1v) is 39.2. The smallest absolute Gasteiger partial charge is 0.303 e. The van der Waals surface area contributed by atoms with Gasteiger partial charge in [-0.15, -0.1) is 0 Å². The first-order valence-electron chi connectivity index (χ1n) is 39.2. The lowest BCUT2D eigenvalue weighted by molar-refractivity contribution is -0.395. The van der Waals surface area contributed by atoms with Crippen LogP contribution in [-0.4, -0.2) is 185 Å². The number of benzene rings is 6. The van der Waals surface area contributed by atoms with Crippen molar-refractivity contribution in [2.75, 3.05) is 26.4 Å². The Morgan fingerprint density at radius 2 is 0.892 bits per heavy atom. The molecule has 1 N–H and O–H groups in total. The lowest BCUT2D eigenvalue weighted by atomic mass is 9.89. The van der Waals surface area contributed by atoms with Gasteiger partial charge in [0.2, 0.25) is 6.29 Å². The Hall–Kier alpha value is -6.54. The van der Waals surface area contributed by atoms with E-state index in [1.54, 1.807) is 6.92 Å². The molecule has 8 fully saturated rings. The molecule has 24 heteroatoms. The summed E-state index contributed by atoms with van der Waals surface area (Å²) in [5, 5.41) is 8.78. The van der Waals surface area contributed by atoms with Crippen LogP contribution in [0.5, 0.6) is 0 Å². The molecule has 8 aliphatic heterocycles. The number of carbonyl (C=O) groups excluding carboxylic acids is 1. The normalized spacial score (nSPS) is 37.2. The molecule has 111 heavy (non-hydrogen) atoms. The van der Waals surface area contributed by atoms with Gasteiger partial charge in [0.1, 0.15) is 48.3 Å². The van der Waals surface area contributed by atoms with E-state index < -0.39 is 165 Å². The average molecular weight is 1540 g/mol. The highest BCUT2D eigenvalue weighted by molar-refractivity contribution is 5.69. The number of hydrogen-bond acceptors (Lipinski definition) is 24. The maximum atomic E-state index is 13.4.